The molecule has 2 aromatic rings. The van der Waals surface area contributed by atoms with Crippen molar-refractivity contribution in [1.29, 1.82) is 0 Å². The van der Waals surface area contributed by atoms with Gasteiger partial charge in [0.1, 0.15) is 0 Å². The second-order valence-corrected chi connectivity index (χ2v) is 6.48. The van der Waals surface area contributed by atoms with Gasteiger partial charge >= 0.3 is 0 Å². The van der Waals surface area contributed by atoms with Crippen molar-refractivity contribution in [1.82, 2.24) is 0 Å². The summed E-state index contributed by atoms with van der Waals surface area (Å²) in [5.74, 6) is -0.327. The van der Waals surface area contributed by atoms with Crippen molar-refractivity contribution < 1.29 is 9.59 Å². The first kappa shape index (κ1) is 19.7. The third kappa shape index (κ3) is 5.17. The van der Waals surface area contributed by atoms with E-state index in [-0.39, 0.29) is 23.8 Å². The van der Waals surface area contributed by atoms with Crippen LogP contribution in [0.3, 0.4) is 0 Å². The van der Waals surface area contributed by atoms with Gasteiger partial charge in [-0.25, -0.2) is 0 Å². The fourth-order valence-corrected chi connectivity index (χ4v) is 2.58. The highest BCUT2D eigenvalue weighted by molar-refractivity contribution is 5.95. The average molecular weight is 353 g/mol. The minimum atomic E-state index is -0.264. The molecule has 0 spiro atoms. The Morgan fingerprint density at radius 1 is 1.04 bits per heavy atom. The van der Waals surface area contributed by atoms with Gasteiger partial charge in [0.25, 0.3) is 0 Å². The zero-order valence-electron chi connectivity index (χ0n) is 15.6. The van der Waals surface area contributed by atoms with Gasteiger partial charge in [0, 0.05) is 24.0 Å². The van der Waals surface area contributed by atoms with Crippen molar-refractivity contribution in [3.05, 3.63) is 60.2 Å². The van der Waals surface area contributed by atoms with Crippen molar-refractivity contribution in [2.45, 2.75) is 33.2 Å². The summed E-state index contributed by atoms with van der Waals surface area (Å²) in [4.78, 5) is 26.4. The summed E-state index contributed by atoms with van der Waals surface area (Å²) in [6, 6.07) is 16.8. The van der Waals surface area contributed by atoms with E-state index in [9.17, 15) is 9.59 Å². The maximum atomic E-state index is 12.6. The van der Waals surface area contributed by atoms with Crippen LogP contribution in [0.25, 0.3) is 0 Å². The molecule has 0 radical (unpaired) electrons. The molecule has 2 unspecified atom stereocenters. The largest absolute Gasteiger partial charge is 0.327 e. The van der Waals surface area contributed by atoms with Gasteiger partial charge in [-0.05, 0) is 43.7 Å². The van der Waals surface area contributed by atoms with Crippen LogP contribution < -0.4 is 16.0 Å². The first-order chi connectivity index (χ1) is 12.4. The van der Waals surface area contributed by atoms with E-state index in [1.165, 1.54) is 0 Å². The molecule has 5 heteroatoms. The Morgan fingerprint density at radius 2 is 1.65 bits per heavy atom. The summed E-state index contributed by atoms with van der Waals surface area (Å²) < 4.78 is 0. The molecule has 0 aliphatic rings. The van der Waals surface area contributed by atoms with Crippen molar-refractivity contribution in [2.75, 3.05) is 16.8 Å². The number of hydrogen-bond donors (Lipinski definition) is 2. The Bertz CT molecular complexity index is 727. The van der Waals surface area contributed by atoms with Gasteiger partial charge in [0.15, 0.2) is 0 Å². The standard InChI is InChI=1S/C21H27N3O2/c1-4-24(19-8-6-5-7-9-19)20(25)14-17-10-12-18(13-11-17)23-21(26)15(2)16(3)22/h5-13,15-16H,4,14,22H2,1-3H3,(H,23,26). The van der Waals surface area contributed by atoms with E-state index in [0.29, 0.717) is 18.7 Å². The molecule has 26 heavy (non-hydrogen) atoms. The minimum Gasteiger partial charge on any atom is -0.327 e. The van der Waals surface area contributed by atoms with Crippen LogP contribution in [-0.4, -0.2) is 24.4 Å². The second-order valence-electron chi connectivity index (χ2n) is 6.48. The SMILES string of the molecule is CCN(C(=O)Cc1ccc(NC(=O)C(C)C(C)N)cc1)c1ccccc1. The van der Waals surface area contributed by atoms with Gasteiger partial charge in [-0.3, -0.25) is 9.59 Å². The summed E-state index contributed by atoms with van der Waals surface area (Å²) in [5.41, 5.74) is 8.26. The van der Waals surface area contributed by atoms with E-state index in [0.717, 1.165) is 11.3 Å². The van der Waals surface area contributed by atoms with Crippen LogP contribution in [0.2, 0.25) is 0 Å². The highest BCUT2D eigenvalue weighted by Gasteiger charge is 2.17. The van der Waals surface area contributed by atoms with Gasteiger partial charge in [0.05, 0.1) is 12.3 Å². The molecule has 0 aliphatic heterocycles. The quantitative estimate of drug-likeness (QED) is 0.802. The van der Waals surface area contributed by atoms with E-state index in [1.807, 2.05) is 68.4 Å². The van der Waals surface area contributed by atoms with Crippen LogP contribution in [0, 0.1) is 5.92 Å². The van der Waals surface area contributed by atoms with Crippen LogP contribution in [0.15, 0.2) is 54.6 Å². The lowest BCUT2D eigenvalue weighted by molar-refractivity contribution is -0.120. The number of para-hydroxylation sites is 1. The van der Waals surface area contributed by atoms with Crippen LogP contribution in [0.5, 0.6) is 0 Å². The first-order valence-electron chi connectivity index (χ1n) is 8.93. The average Bonchev–Trinajstić information content (AvgIpc) is 2.64. The molecule has 5 nitrogen and oxygen atoms in total. The van der Waals surface area contributed by atoms with E-state index in [4.69, 9.17) is 5.73 Å². The molecule has 2 rings (SSSR count). The van der Waals surface area contributed by atoms with Crippen molar-refractivity contribution >= 4 is 23.2 Å². The Hall–Kier alpha value is -2.66. The summed E-state index contributed by atoms with van der Waals surface area (Å²) in [6.07, 6.45) is 0.313. The molecule has 0 saturated carbocycles. The summed E-state index contributed by atoms with van der Waals surface area (Å²) in [5, 5.41) is 2.85. The Labute approximate surface area is 155 Å². The number of nitrogens with two attached hydrogens (primary N) is 1. The fourth-order valence-electron chi connectivity index (χ4n) is 2.58. The predicted molar refractivity (Wildman–Crippen MR) is 106 cm³/mol. The van der Waals surface area contributed by atoms with Gasteiger partial charge in [0.2, 0.25) is 11.8 Å². The number of carbonyl (C=O) groups excluding carboxylic acids is 2. The number of benzene rings is 2. The summed E-state index contributed by atoms with van der Waals surface area (Å²) >= 11 is 0. The zero-order valence-corrected chi connectivity index (χ0v) is 15.6. The molecular weight excluding hydrogens is 326 g/mol. The number of amides is 2. The van der Waals surface area contributed by atoms with E-state index < -0.39 is 0 Å². The summed E-state index contributed by atoms with van der Waals surface area (Å²) in [7, 11) is 0. The number of hydrogen-bond acceptors (Lipinski definition) is 3. The van der Waals surface area contributed by atoms with Crippen LogP contribution >= 0.6 is 0 Å². The van der Waals surface area contributed by atoms with Crippen molar-refractivity contribution in [3.8, 4) is 0 Å². The molecule has 0 aromatic heterocycles. The third-order valence-electron chi connectivity index (χ3n) is 4.46. The molecule has 0 heterocycles. The number of anilines is 2. The number of nitrogens with one attached hydrogen (secondary N) is 1. The van der Waals surface area contributed by atoms with Gasteiger partial charge in [-0.1, -0.05) is 37.3 Å². The lowest BCUT2D eigenvalue weighted by Gasteiger charge is -2.21. The Balaban J connectivity index is 2.00. The molecular formula is C21H27N3O2. The van der Waals surface area contributed by atoms with Crippen molar-refractivity contribution in [2.24, 2.45) is 11.7 Å². The lowest BCUT2D eigenvalue weighted by Crippen LogP contribution is -2.34. The van der Waals surface area contributed by atoms with E-state index in [1.54, 1.807) is 11.8 Å². The van der Waals surface area contributed by atoms with Crippen LogP contribution in [-0.2, 0) is 16.0 Å². The predicted octanol–water partition coefficient (Wildman–Crippen LogP) is 3.20. The van der Waals surface area contributed by atoms with E-state index >= 15 is 0 Å². The maximum absolute atomic E-state index is 12.6. The monoisotopic (exact) mass is 353 g/mol. The Kier molecular flexibility index (Phi) is 6.92. The molecule has 2 aromatic carbocycles. The van der Waals surface area contributed by atoms with Gasteiger partial charge < -0.3 is 16.0 Å². The third-order valence-corrected chi connectivity index (χ3v) is 4.46. The molecule has 0 aliphatic carbocycles. The topological polar surface area (TPSA) is 75.4 Å². The zero-order chi connectivity index (χ0) is 19.1. The van der Waals surface area contributed by atoms with Crippen LogP contribution in [0.4, 0.5) is 11.4 Å². The maximum Gasteiger partial charge on any atom is 0.231 e. The van der Waals surface area contributed by atoms with Crippen molar-refractivity contribution in [3.63, 3.8) is 0 Å². The number of nitrogens with zero attached hydrogens (tertiary/aromatic N) is 1. The van der Waals surface area contributed by atoms with Gasteiger partial charge in [-0.2, -0.15) is 0 Å². The molecule has 0 saturated heterocycles. The second kappa shape index (κ2) is 9.15. The highest BCUT2D eigenvalue weighted by atomic mass is 16.2. The number of likely N-dealkylation sites (N-methyl/N-ethyl adjacent to an activating group) is 1. The first-order valence-corrected chi connectivity index (χ1v) is 8.93. The minimum absolute atomic E-state index is 0.0427. The van der Waals surface area contributed by atoms with E-state index in [2.05, 4.69) is 5.32 Å². The molecule has 2 amide bonds. The molecule has 0 fully saturated rings. The van der Waals surface area contributed by atoms with Crippen LogP contribution in [0.1, 0.15) is 26.3 Å². The Morgan fingerprint density at radius 3 is 2.19 bits per heavy atom. The molecule has 2 atom stereocenters. The molecule has 3 N–H and O–H groups in total. The lowest BCUT2D eigenvalue weighted by atomic mass is 10.0. The smallest absolute Gasteiger partial charge is 0.231 e. The molecule has 138 valence electrons. The number of carbonyl (C=O) groups is 2. The summed E-state index contributed by atoms with van der Waals surface area (Å²) in [6.45, 7) is 6.19. The number of rotatable bonds is 7. The highest BCUT2D eigenvalue weighted by Crippen LogP contribution is 2.17. The normalized spacial score (nSPS) is 12.9. The molecule has 0 bridgehead atoms. The van der Waals surface area contributed by atoms with Gasteiger partial charge in [-0.15, -0.1) is 0 Å². The fraction of sp³-hybridized carbons (Fsp3) is 0.333.